The van der Waals surface area contributed by atoms with Crippen molar-refractivity contribution in [2.75, 3.05) is 7.11 Å². The van der Waals surface area contributed by atoms with E-state index >= 15 is 0 Å². The highest BCUT2D eigenvalue weighted by Gasteiger charge is 2.71. The number of aliphatic hydroxyl groups is 1. The SMILES string of the molecule is COC(=O)N1[C@H]2[C@H](O)[C@@](Cl)(CC(=O)OCc3ccccc3)[C@H]2O[C@@H]1C(C)(C)C. The Morgan fingerprint density at radius 1 is 1.29 bits per heavy atom. The topological polar surface area (TPSA) is 85.3 Å². The molecule has 28 heavy (non-hydrogen) atoms. The van der Waals surface area contributed by atoms with Crippen LogP contribution in [0.1, 0.15) is 32.8 Å². The molecule has 1 saturated heterocycles. The van der Waals surface area contributed by atoms with Gasteiger partial charge in [0.05, 0.1) is 25.7 Å². The van der Waals surface area contributed by atoms with Gasteiger partial charge in [-0.15, -0.1) is 11.6 Å². The second-order valence-corrected chi connectivity index (χ2v) is 9.04. The molecule has 2 fully saturated rings. The number of hydrogen-bond donors (Lipinski definition) is 1. The second-order valence-electron chi connectivity index (χ2n) is 8.34. The van der Waals surface area contributed by atoms with Crippen LogP contribution in [0.4, 0.5) is 4.79 Å². The summed E-state index contributed by atoms with van der Waals surface area (Å²) in [6.45, 7) is 5.86. The highest BCUT2D eigenvalue weighted by Crippen LogP contribution is 2.53. The molecule has 1 aromatic rings. The molecule has 154 valence electrons. The van der Waals surface area contributed by atoms with Gasteiger partial charge in [0.2, 0.25) is 0 Å². The van der Waals surface area contributed by atoms with Crippen molar-refractivity contribution in [3.8, 4) is 0 Å². The third-order valence-electron chi connectivity index (χ3n) is 5.23. The molecule has 0 bridgehead atoms. The van der Waals surface area contributed by atoms with Crippen molar-refractivity contribution in [3.05, 3.63) is 35.9 Å². The fraction of sp³-hybridized carbons (Fsp3) is 0.600. The minimum atomic E-state index is -1.36. The minimum Gasteiger partial charge on any atom is -0.461 e. The first kappa shape index (κ1) is 20.9. The van der Waals surface area contributed by atoms with Crippen LogP contribution in [0.25, 0.3) is 0 Å². The number of aliphatic hydroxyl groups excluding tert-OH is 1. The molecule has 1 heterocycles. The number of ether oxygens (including phenoxy) is 3. The molecule has 0 aromatic heterocycles. The summed E-state index contributed by atoms with van der Waals surface area (Å²) in [5, 5.41) is 10.7. The lowest BCUT2D eigenvalue weighted by Crippen LogP contribution is -2.73. The van der Waals surface area contributed by atoms with E-state index in [1.165, 1.54) is 12.0 Å². The number of esters is 1. The second kappa shape index (κ2) is 7.54. The van der Waals surface area contributed by atoms with Crippen LogP contribution < -0.4 is 0 Å². The van der Waals surface area contributed by atoms with Gasteiger partial charge in [0.1, 0.15) is 23.8 Å². The molecular formula is C20H26ClNO6. The molecule has 0 radical (unpaired) electrons. The highest BCUT2D eigenvalue weighted by atomic mass is 35.5. The highest BCUT2D eigenvalue weighted by molar-refractivity contribution is 6.27. The van der Waals surface area contributed by atoms with E-state index in [-0.39, 0.29) is 13.0 Å². The standard InChI is InChI=1S/C20H26ClNO6/c1-19(2,3)17-22(18(25)26-4)14-15(24)20(21,16(14)28-17)10-13(23)27-11-12-8-6-5-7-9-12/h5-9,14-17,24H,10-11H2,1-4H3/t14-,15-,16-,17+,20-/m0/s1. The van der Waals surface area contributed by atoms with Crippen molar-refractivity contribution in [2.24, 2.45) is 5.41 Å². The van der Waals surface area contributed by atoms with Gasteiger partial charge in [-0.3, -0.25) is 9.69 Å². The number of fused-ring (bicyclic) bond motifs is 1. The van der Waals surface area contributed by atoms with Crippen LogP contribution in [0.5, 0.6) is 0 Å². The van der Waals surface area contributed by atoms with E-state index in [0.29, 0.717) is 0 Å². The molecule has 0 spiro atoms. The summed E-state index contributed by atoms with van der Waals surface area (Å²) < 4.78 is 16.2. The Labute approximate surface area is 169 Å². The summed E-state index contributed by atoms with van der Waals surface area (Å²) >= 11 is 6.61. The molecule has 1 aliphatic carbocycles. The summed E-state index contributed by atoms with van der Waals surface area (Å²) in [4.78, 5) is 24.6. The third-order valence-corrected chi connectivity index (χ3v) is 5.80. The molecule has 7 nitrogen and oxygen atoms in total. The van der Waals surface area contributed by atoms with Crippen LogP contribution in [0, 0.1) is 5.41 Å². The molecule has 5 atom stereocenters. The number of benzene rings is 1. The Hall–Kier alpha value is -1.83. The summed E-state index contributed by atoms with van der Waals surface area (Å²) in [6, 6.07) is 8.61. The van der Waals surface area contributed by atoms with E-state index in [2.05, 4.69) is 0 Å². The van der Waals surface area contributed by atoms with E-state index in [9.17, 15) is 14.7 Å². The van der Waals surface area contributed by atoms with Crippen LogP contribution in [0.3, 0.4) is 0 Å². The number of halogens is 1. The number of methoxy groups -OCH3 is 1. The summed E-state index contributed by atoms with van der Waals surface area (Å²) in [7, 11) is 1.27. The monoisotopic (exact) mass is 411 g/mol. The molecule has 1 amide bonds. The normalized spacial score (nSPS) is 31.7. The Balaban J connectivity index is 1.70. The predicted octanol–water partition coefficient (Wildman–Crippen LogP) is 2.68. The van der Waals surface area contributed by atoms with E-state index in [1.54, 1.807) is 0 Å². The van der Waals surface area contributed by atoms with Gasteiger partial charge in [-0.05, 0) is 5.56 Å². The first-order valence-corrected chi connectivity index (χ1v) is 9.55. The van der Waals surface area contributed by atoms with Crippen LogP contribution in [0.15, 0.2) is 30.3 Å². The zero-order valence-electron chi connectivity index (χ0n) is 16.4. The van der Waals surface area contributed by atoms with Crippen LogP contribution in [0.2, 0.25) is 0 Å². The maximum absolute atomic E-state index is 12.3. The van der Waals surface area contributed by atoms with Gasteiger partial charge >= 0.3 is 12.1 Å². The average Bonchev–Trinajstić information content (AvgIpc) is 3.05. The Morgan fingerprint density at radius 2 is 1.93 bits per heavy atom. The van der Waals surface area contributed by atoms with Gasteiger partial charge in [0.25, 0.3) is 0 Å². The van der Waals surface area contributed by atoms with Crippen LogP contribution in [-0.2, 0) is 25.6 Å². The zero-order chi connectivity index (χ0) is 20.7. The number of amides is 1. The lowest BCUT2D eigenvalue weighted by atomic mass is 9.71. The number of nitrogens with zero attached hydrogens (tertiary/aromatic N) is 1. The minimum absolute atomic E-state index is 0.122. The van der Waals surface area contributed by atoms with Gasteiger partial charge in [-0.25, -0.2) is 4.79 Å². The zero-order valence-corrected chi connectivity index (χ0v) is 17.2. The van der Waals surface area contributed by atoms with Crippen molar-refractivity contribution >= 4 is 23.7 Å². The van der Waals surface area contributed by atoms with E-state index < -0.39 is 46.8 Å². The molecule has 1 saturated carbocycles. The summed E-state index contributed by atoms with van der Waals surface area (Å²) in [6.07, 6.45) is -3.30. The Kier molecular flexibility index (Phi) is 5.62. The average molecular weight is 412 g/mol. The van der Waals surface area contributed by atoms with Crippen molar-refractivity contribution in [1.29, 1.82) is 0 Å². The number of rotatable bonds is 4. The molecule has 0 unspecified atom stereocenters. The maximum Gasteiger partial charge on any atom is 0.412 e. The van der Waals surface area contributed by atoms with Gasteiger partial charge in [0, 0.05) is 5.41 Å². The third kappa shape index (κ3) is 3.58. The van der Waals surface area contributed by atoms with Gasteiger partial charge in [-0.2, -0.15) is 0 Å². The van der Waals surface area contributed by atoms with Gasteiger partial charge in [-0.1, -0.05) is 51.1 Å². The fourth-order valence-electron chi connectivity index (χ4n) is 3.80. The van der Waals surface area contributed by atoms with Gasteiger partial charge in [0.15, 0.2) is 0 Å². The smallest absolute Gasteiger partial charge is 0.412 e. The van der Waals surface area contributed by atoms with Crippen LogP contribution >= 0.6 is 11.6 Å². The lowest BCUT2D eigenvalue weighted by Gasteiger charge is -2.51. The molecular weight excluding hydrogens is 386 g/mol. The molecule has 2 aliphatic rings. The van der Waals surface area contributed by atoms with Crippen molar-refractivity contribution in [1.82, 2.24) is 4.90 Å². The molecule has 1 aromatic carbocycles. The molecule has 3 rings (SSSR count). The number of alkyl halides is 1. The van der Waals surface area contributed by atoms with E-state index in [1.807, 2.05) is 51.1 Å². The number of hydrogen-bond acceptors (Lipinski definition) is 6. The van der Waals surface area contributed by atoms with Crippen molar-refractivity contribution in [2.45, 2.75) is 63.2 Å². The largest absolute Gasteiger partial charge is 0.461 e. The van der Waals surface area contributed by atoms with E-state index in [0.717, 1.165) is 5.56 Å². The predicted molar refractivity (Wildman–Crippen MR) is 102 cm³/mol. The first-order chi connectivity index (χ1) is 13.1. The molecule has 1 aliphatic heterocycles. The maximum atomic E-state index is 12.3. The number of carbonyl (C=O) groups is 2. The van der Waals surface area contributed by atoms with Crippen LogP contribution in [-0.4, -0.2) is 58.5 Å². The van der Waals surface area contributed by atoms with E-state index in [4.69, 9.17) is 25.8 Å². The molecule has 8 heteroatoms. The lowest BCUT2D eigenvalue weighted by molar-refractivity contribution is -0.155. The van der Waals surface area contributed by atoms with Crippen molar-refractivity contribution < 1.29 is 28.9 Å². The fourth-order valence-corrected chi connectivity index (χ4v) is 4.21. The van der Waals surface area contributed by atoms with Gasteiger partial charge < -0.3 is 19.3 Å². The first-order valence-electron chi connectivity index (χ1n) is 9.18. The number of carbonyl (C=O) groups excluding carboxylic acids is 2. The Morgan fingerprint density at radius 3 is 2.50 bits per heavy atom. The quantitative estimate of drug-likeness (QED) is 0.605. The van der Waals surface area contributed by atoms with Crippen molar-refractivity contribution in [3.63, 3.8) is 0 Å². The summed E-state index contributed by atoms with van der Waals surface area (Å²) in [5.41, 5.74) is 0.421. The summed E-state index contributed by atoms with van der Waals surface area (Å²) in [5.74, 6) is -0.538. The Bertz CT molecular complexity index is 736. The molecule has 1 N–H and O–H groups in total.